The molecule has 2 N–H and O–H groups in total. The Balaban J connectivity index is 2.39. The highest BCUT2D eigenvalue weighted by Crippen LogP contribution is 2.36. The Hall–Kier alpha value is -1.64. The fourth-order valence-corrected chi connectivity index (χ4v) is 1.83. The first kappa shape index (κ1) is 8.94. The standard InChI is InChI=1S/C11H13NO2/c1-2-4-12-5-3-8-6-10(13)11(14)7-9(8)12/h2,6-7,13-14H,1,3-5H2. The molecule has 0 saturated heterocycles. The predicted molar refractivity (Wildman–Crippen MR) is 55.9 cm³/mol. The summed E-state index contributed by atoms with van der Waals surface area (Å²) in [5.41, 5.74) is 2.09. The molecule has 0 aliphatic carbocycles. The number of hydrogen-bond acceptors (Lipinski definition) is 3. The van der Waals surface area contributed by atoms with Crippen LogP contribution in [0, 0.1) is 0 Å². The molecule has 0 saturated carbocycles. The molecule has 3 nitrogen and oxygen atoms in total. The van der Waals surface area contributed by atoms with Gasteiger partial charge in [-0.15, -0.1) is 6.58 Å². The van der Waals surface area contributed by atoms with Crippen LogP contribution < -0.4 is 4.90 Å². The third-order valence-corrected chi connectivity index (χ3v) is 2.52. The van der Waals surface area contributed by atoms with Crippen molar-refractivity contribution < 1.29 is 10.2 Å². The Morgan fingerprint density at radius 3 is 2.79 bits per heavy atom. The summed E-state index contributed by atoms with van der Waals surface area (Å²) >= 11 is 0. The van der Waals surface area contributed by atoms with Crippen LogP contribution in [0.3, 0.4) is 0 Å². The normalized spacial score (nSPS) is 14.1. The van der Waals surface area contributed by atoms with Gasteiger partial charge in [0.05, 0.1) is 0 Å². The van der Waals surface area contributed by atoms with Crippen molar-refractivity contribution in [3.05, 3.63) is 30.4 Å². The van der Waals surface area contributed by atoms with Gasteiger partial charge in [0.25, 0.3) is 0 Å². The molecule has 1 aromatic carbocycles. The smallest absolute Gasteiger partial charge is 0.159 e. The molecule has 1 aliphatic rings. The summed E-state index contributed by atoms with van der Waals surface area (Å²) in [5, 5.41) is 18.7. The molecular weight excluding hydrogens is 178 g/mol. The average molecular weight is 191 g/mol. The Morgan fingerprint density at radius 2 is 2.07 bits per heavy atom. The number of rotatable bonds is 2. The Labute approximate surface area is 82.9 Å². The number of nitrogens with zero attached hydrogens (tertiary/aromatic N) is 1. The highest BCUT2D eigenvalue weighted by Gasteiger charge is 2.19. The van der Waals surface area contributed by atoms with Crippen LogP contribution in [-0.4, -0.2) is 23.3 Å². The largest absolute Gasteiger partial charge is 0.504 e. The first-order valence-corrected chi connectivity index (χ1v) is 4.63. The summed E-state index contributed by atoms with van der Waals surface area (Å²) in [7, 11) is 0. The molecule has 0 bridgehead atoms. The lowest BCUT2D eigenvalue weighted by Gasteiger charge is -2.17. The molecule has 1 aromatic rings. The van der Waals surface area contributed by atoms with Gasteiger partial charge >= 0.3 is 0 Å². The van der Waals surface area contributed by atoms with Crippen LogP contribution in [0.15, 0.2) is 24.8 Å². The van der Waals surface area contributed by atoms with E-state index in [2.05, 4.69) is 11.5 Å². The first-order valence-electron chi connectivity index (χ1n) is 4.63. The van der Waals surface area contributed by atoms with E-state index in [4.69, 9.17) is 0 Å². The molecule has 0 fully saturated rings. The van der Waals surface area contributed by atoms with Gasteiger partial charge in [0, 0.05) is 24.8 Å². The van der Waals surface area contributed by atoms with Crippen LogP contribution in [0.5, 0.6) is 11.5 Å². The molecule has 74 valence electrons. The minimum absolute atomic E-state index is 0.0378. The molecular formula is C11H13NO2. The highest BCUT2D eigenvalue weighted by molar-refractivity contribution is 5.64. The third kappa shape index (κ3) is 1.31. The molecule has 0 atom stereocenters. The molecule has 0 radical (unpaired) electrons. The second kappa shape index (κ2) is 3.25. The first-order chi connectivity index (χ1) is 6.72. The lowest BCUT2D eigenvalue weighted by atomic mass is 10.1. The molecule has 2 rings (SSSR count). The molecule has 14 heavy (non-hydrogen) atoms. The summed E-state index contributed by atoms with van der Waals surface area (Å²) in [6.45, 7) is 5.38. The molecule has 1 heterocycles. The Kier molecular flexibility index (Phi) is 2.08. The number of phenolic OH excluding ortho intramolecular Hbond substituents is 2. The van der Waals surface area contributed by atoms with Crippen molar-refractivity contribution in [2.45, 2.75) is 6.42 Å². The van der Waals surface area contributed by atoms with E-state index >= 15 is 0 Å². The van der Waals surface area contributed by atoms with E-state index < -0.39 is 0 Å². The fraction of sp³-hybridized carbons (Fsp3) is 0.273. The number of phenols is 2. The SMILES string of the molecule is C=CCN1CCc2cc(O)c(O)cc21. The molecule has 0 unspecified atom stereocenters. The topological polar surface area (TPSA) is 43.7 Å². The van der Waals surface area contributed by atoms with Crippen LogP contribution in [0.4, 0.5) is 5.69 Å². The van der Waals surface area contributed by atoms with E-state index in [-0.39, 0.29) is 11.5 Å². The second-order valence-corrected chi connectivity index (χ2v) is 3.45. The van der Waals surface area contributed by atoms with Gasteiger partial charge < -0.3 is 15.1 Å². The van der Waals surface area contributed by atoms with Crippen molar-refractivity contribution in [1.82, 2.24) is 0 Å². The summed E-state index contributed by atoms with van der Waals surface area (Å²) < 4.78 is 0. The Morgan fingerprint density at radius 1 is 1.36 bits per heavy atom. The number of fused-ring (bicyclic) bond motifs is 1. The van der Waals surface area contributed by atoms with Crippen molar-refractivity contribution in [3.8, 4) is 11.5 Å². The highest BCUT2D eigenvalue weighted by atomic mass is 16.3. The van der Waals surface area contributed by atoms with E-state index in [0.29, 0.717) is 0 Å². The van der Waals surface area contributed by atoms with Gasteiger partial charge in [0.2, 0.25) is 0 Å². The van der Waals surface area contributed by atoms with Gasteiger partial charge in [0.1, 0.15) is 0 Å². The molecule has 3 heteroatoms. The van der Waals surface area contributed by atoms with Crippen LogP contribution in [0.25, 0.3) is 0 Å². The zero-order chi connectivity index (χ0) is 10.1. The monoisotopic (exact) mass is 191 g/mol. The van der Waals surface area contributed by atoms with Gasteiger partial charge in [0.15, 0.2) is 11.5 Å². The third-order valence-electron chi connectivity index (χ3n) is 2.52. The van der Waals surface area contributed by atoms with Crippen molar-refractivity contribution >= 4 is 5.69 Å². The summed E-state index contributed by atoms with van der Waals surface area (Å²) in [4.78, 5) is 2.13. The van der Waals surface area contributed by atoms with Gasteiger partial charge in [-0.25, -0.2) is 0 Å². The van der Waals surface area contributed by atoms with E-state index in [1.807, 2.05) is 6.08 Å². The van der Waals surface area contributed by atoms with Crippen molar-refractivity contribution in [2.24, 2.45) is 0 Å². The minimum atomic E-state index is -0.0558. The number of hydrogen-bond donors (Lipinski definition) is 2. The van der Waals surface area contributed by atoms with E-state index in [1.54, 1.807) is 12.1 Å². The number of anilines is 1. The van der Waals surface area contributed by atoms with Crippen molar-refractivity contribution in [1.29, 1.82) is 0 Å². The summed E-state index contributed by atoms with van der Waals surface area (Å²) in [6.07, 6.45) is 2.75. The van der Waals surface area contributed by atoms with Gasteiger partial charge in [-0.05, 0) is 18.1 Å². The van der Waals surface area contributed by atoms with Crippen molar-refractivity contribution in [3.63, 3.8) is 0 Å². The Bertz CT molecular complexity index is 374. The lowest BCUT2D eigenvalue weighted by Crippen LogP contribution is -2.19. The van der Waals surface area contributed by atoms with E-state index in [0.717, 1.165) is 30.8 Å². The second-order valence-electron chi connectivity index (χ2n) is 3.45. The predicted octanol–water partition coefficient (Wildman–Crippen LogP) is 1.65. The maximum atomic E-state index is 9.37. The molecule has 0 amide bonds. The maximum Gasteiger partial charge on any atom is 0.159 e. The zero-order valence-corrected chi connectivity index (χ0v) is 7.90. The number of benzene rings is 1. The molecule has 0 aromatic heterocycles. The van der Waals surface area contributed by atoms with E-state index in [9.17, 15) is 10.2 Å². The summed E-state index contributed by atoms with van der Waals surface area (Å²) in [6, 6.07) is 3.24. The van der Waals surface area contributed by atoms with Gasteiger partial charge in [-0.1, -0.05) is 6.08 Å². The fourth-order valence-electron chi connectivity index (χ4n) is 1.83. The lowest BCUT2D eigenvalue weighted by molar-refractivity contribution is 0.403. The van der Waals surface area contributed by atoms with Crippen LogP contribution in [-0.2, 0) is 6.42 Å². The van der Waals surface area contributed by atoms with Crippen LogP contribution in [0.1, 0.15) is 5.56 Å². The molecule has 0 spiro atoms. The van der Waals surface area contributed by atoms with Gasteiger partial charge in [-0.2, -0.15) is 0 Å². The molecule has 1 aliphatic heterocycles. The van der Waals surface area contributed by atoms with E-state index in [1.165, 1.54) is 0 Å². The van der Waals surface area contributed by atoms with Crippen LogP contribution in [0.2, 0.25) is 0 Å². The summed E-state index contributed by atoms with van der Waals surface area (Å²) in [5.74, 6) is -0.0936. The van der Waals surface area contributed by atoms with Crippen LogP contribution >= 0.6 is 0 Å². The maximum absolute atomic E-state index is 9.37. The number of aromatic hydroxyl groups is 2. The quantitative estimate of drug-likeness (QED) is 0.551. The average Bonchev–Trinajstić information content (AvgIpc) is 2.51. The minimum Gasteiger partial charge on any atom is -0.504 e. The van der Waals surface area contributed by atoms with Gasteiger partial charge in [-0.3, -0.25) is 0 Å². The van der Waals surface area contributed by atoms with Crippen molar-refractivity contribution in [2.75, 3.05) is 18.0 Å². The zero-order valence-electron chi connectivity index (χ0n) is 7.90.